The molecular formula is C17H16F3N5O2. The zero-order valence-electron chi connectivity index (χ0n) is 14.3. The average Bonchev–Trinajstić information content (AvgIpc) is 3.04. The molecule has 0 saturated carbocycles. The maximum Gasteiger partial charge on any atom is 0.389 e. The number of methoxy groups -OCH3 is 1. The maximum atomic E-state index is 12.4. The quantitative estimate of drug-likeness (QED) is 0.662. The summed E-state index contributed by atoms with van der Waals surface area (Å²) >= 11 is 0. The number of rotatable bonds is 6. The molecule has 1 aromatic carbocycles. The van der Waals surface area contributed by atoms with Crippen molar-refractivity contribution in [3.05, 3.63) is 42.4 Å². The van der Waals surface area contributed by atoms with E-state index in [4.69, 9.17) is 0 Å². The summed E-state index contributed by atoms with van der Waals surface area (Å²) in [6.07, 6.45) is -2.36. The summed E-state index contributed by atoms with van der Waals surface area (Å²) in [6, 6.07) is 6.68. The number of benzene rings is 1. The molecule has 3 rings (SSSR count). The average molecular weight is 379 g/mol. The molecule has 2 aromatic heterocycles. The second-order valence-corrected chi connectivity index (χ2v) is 5.78. The smallest absolute Gasteiger partial charge is 0.389 e. The zero-order chi connectivity index (χ0) is 19.4. The minimum absolute atomic E-state index is 0.0939. The van der Waals surface area contributed by atoms with Gasteiger partial charge in [0.1, 0.15) is 18.7 Å². The van der Waals surface area contributed by atoms with Crippen LogP contribution in [-0.2, 0) is 22.5 Å². The third kappa shape index (κ3) is 4.72. The molecule has 0 unspecified atom stereocenters. The van der Waals surface area contributed by atoms with Crippen LogP contribution in [0.2, 0.25) is 0 Å². The molecule has 0 aliphatic rings. The van der Waals surface area contributed by atoms with Crippen molar-refractivity contribution in [3.63, 3.8) is 0 Å². The number of esters is 1. The van der Waals surface area contributed by atoms with Gasteiger partial charge in [0, 0.05) is 12.1 Å². The first-order valence-corrected chi connectivity index (χ1v) is 8.02. The van der Waals surface area contributed by atoms with Crippen LogP contribution in [0.15, 0.2) is 36.8 Å². The SMILES string of the molecule is COC(=O)Cn1ncc2c(Nc3cccc(CCC(F)(F)F)c3)ncnc21. The van der Waals surface area contributed by atoms with Crippen molar-refractivity contribution in [2.45, 2.75) is 25.6 Å². The topological polar surface area (TPSA) is 81.9 Å². The molecule has 0 aliphatic carbocycles. The highest BCUT2D eigenvalue weighted by atomic mass is 19.4. The van der Waals surface area contributed by atoms with Gasteiger partial charge in [0.2, 0.25) is 0 Å². The van der Waals surface area contributed by atoms with Crippen LogP contribution in [0.3, 0.4) is 0 Å². The Kier molecular flexibility index (Phi) is 5.24. The first kappa shape index (κ1) is 18.6. The highest BCUT2D eigenvalue weighted by Gasteiger charge is 2.26. The van der Waals surface area contributed by atoms with Crippen molar-refractivity contribution >= 4 is 28.5 Å². The molecule has 0 fully saturated rings. The lowest BCUT2D eigenvalue weighted by Crippen LogP contribution is -2.13. The summed E-state index contributed by atoms with van der Waals surface area (Å²) in [5.74, 6) is -0.0328. The summed E-state index contributed by atoms with van der Waals surface area (Å²) in [7, 11) is 1.28. The number of alkyl halides is 3. The molecule has 0 aliphatic heterocycles. The van der Waals surface area contributed by atoms with Crippen LogP contribution in [0.1, 0.15) is 12.0 Å². The molecule has 1 N–H and O–H groups in total. The van der Waals surface area contributed by atoms with Gasteiger partial charge in [0.15, 0.2) is 5.65 Å². The van der Waals surface area contributed by atoms with E-state index in [1.807, 2.05) is 0 Å². The number of anilines is 2. The van der Waals surface area contributed by atoms with Crippen LogP contribution in [0.5, 0.6) is 0 Å². The molecule has 10 heteroatoms. The minimum Gasteiger partial charge on any atom is -0.468 e. The van der Waals surface area contributed by atoms with Crippen LogP contribution in [0.25, 0.3) is 11.0 Å². The molecule has 0 amide bonds. The van der Waals surface area contributed by atoms with Gasteiger partial charge in [-0.25, -0.2) is 14.6 Å². The number of nitrogens with one attached hydrogen (secondary N) is 1. The second-order valence-electron chi connectivity index (χ2n) is 5.78. The molecule has 0 saturated heterocycles. The molecule has 7 nitrogen and oxygen atoms in total. The summed E-state index contributed by atoms with van der Waals surface area (Å²) in [4.78, 5) is 19.7. The largest absolute Gasteiger partial charge is 0.468 e. The zero-order valence-corrected chi connectivity index (χ0v) is 14.3. The Bertz CT molecular complexity index is 955. The second kappa shape index (κ2) is 7.60. The van der Waals surface area contributed by atoms with Gasteiger partial charge in [-0.3, -0.25) is 4.79 Å². The molecule has 0 spiro atoms. The number of carbonyl (C=O) groups is 1. The first-order chi connectivity index (χ1) is 12.9. The monoisotopic (exact) mass is 379 g/mol. The van der Waals surface area contributed by atoms with Gasteiger partial charge in [0.05, 0.1) is 18.7 Å². The first-order valence-electron chi connectivity index (χ1n) is 8.02. The number of carbonyl (C=O) groups excluding carboxylic acids is 1. The van der Waals surface area contributed by atoms with Gasteiger partial charge >= 0.3 is 12.1 Å². The summed E-state index contributed by atoms with van der Waals surface area (Å²) < 4.78 is 43.2. The van der Waals surface area contributed by atoms with E-state index in [0.29, 0.717) is 28.1 Å². The van der Waals surface area contributed by atoms with Crippen LogP contribution in [-0.4, -0.2) is 39.0 Å². The molecule has 142 valence electrons. The Labute approximate surface area is 152 Å². The Balaban J connectivity index is 1.82. The lowest BCUT2D eigenvalue weighted by molar-refractivity contribution is -0.141. The highest BCUT2D eigenvalue weighted by molar-refractivity contribution is 5.88. The molecule has 3 aromatic rings. The van der Waals surface area contributed by atoms with Crippen molar-refractivity contribution in [1.29, 1.82) is 0 Å². The van der Waals surface area contributed by atoms with E-state index in [-0.39, 0.29) is 13.0 Å². The van der Waals surface area contributed by atoms with E-state index < -0.39 is 18.6 Å². The Morgan fingerprint density at radius 2 is 2.11 bits per heavy atom. The van der Waals surface area contributed by atoms with Crippen LogP contribution in [0, 0.1) is 0 Å². The number of nitrogens with zero attached hydrogens (tertiary/aromatic N) is 4. The van der Waals surface area contributed by atoms with E-state index in [9.17, 15) is 18.0 Å². The van der Waals surface area contributed by atoms with Crippen LogP contribution in [0.4, 0.5) is 24.7 Å². The summed E-state index contributed by atoms with van der Waals surface area (Å²) in [5.41, 5.74) is 1.59. The van der Waals surface area contributed by atoms with Crippen molar-refractivity contribution in [2.75, 3.05) is 12.4 Å². The van der Waals surface area contributed by atoms with Gasteiger partial charge in [-0.05, 0) is 24.1 Å². The lowest BCUT2D eigenvalue weighted by Gasteiger charge is -2.10. The number of hydrogen-bond acceptors (Lipinski definition) is 6. The van der Waals surface area contributed by atoms with E-state index >= 15 is 0 Å². The molecule has 27 heavy (non-hydrogen) atoms. The Morgan fingerprint density at radius 3 is 2.85 bits per heavy atom. The Morgan fingerprint density at radius 1 is 1.30 bits per heavy atom. The van der Waals surface area contributed by atoms with Gasteiger partial charge in [0.25, 0.3) is 0 Å². The van der Waals surface area contributed by atoms with E-state index in [1.165, 1.54) is 24.3 Å². The maximum absolute atomic E-state index is 12.4. The van der Waals surface area contributed by atoms with Gasteiger partial charge in [-0.2, -0.15) is 18.3 Å². The number of halogens is 3. The Hall–Kier alpha value is -3.17. The van der Waals surface area contributed by atoms with Crippen LogP contribution < -0.4 is 5.32 Å². The number of fused-ring (bicyclic) bond motifs is 1. The summed E-state index contributed by atoms with van der Waals surface area (Å²) in [6.45, 7) is -0.0939. The third-order valence-electron chi connectivity index (χ3n) is 3.83. The number of aryl methyl sites for hydroxylation is 1. The third-order valence-corrected chi connectivity index (χ3v) is 3.83. The molecule has 2 heterocycles. The van der Waals surface area contributed by atoms with Gasteiger partial charge in [-0.1, -0.05) is 12.1 Å². The normalized spacial score (nSPS) is 11.6. The van der Waals surface area contributed by atoms with E-state index in [1.54, 1.807) is 24.3 Å². The van der Waals surface area contributed by atoms with Crippen molar-refractivity contribution in [1.82, 2.24) is 19.7 Å². The predicted molar refractivity (Wildman–Crippen MR) is 91.4 cm³/mol. The minimum atomic E-state index is -4.20. The molecule has 0 radical (unpaired) electrons. The predicted octanol–water partition coefficient (Wildman–Crippen LogP) is 3.24. The van der Waals surface area contributed by atoms with Crippen molar-refractivity contribution in [3.8, 4) is 0 Å². The van der Waals surface area contributed by atoms with E-state index in [0.717, 1.165) is 0 Å². The highest BCUT2D eigenvalue weighted by Crippen LogP contribution is 2.25. The lowest BCUT2D eigenvalue weighted by atomic mass is 10.1. The fraction of sp³-hybridized carbons (Fsp3) is 0.294. The standard InChI is InChI=1S/C17H16F3N5O2/c1-27-14(26)9-25-16-13(8-23-25)15(21-10-22-16)24-12-4-2-3-11(7-12)5-6-17(18,19)20/h2-4,7-8,10H,5-6,9H2,1H3,(H,21,22,24). The van der Waals surface area contributed by atoms with Gasteiger partial charge in [-0.15, -0.1) is 0 Å². The molecule has 0 bridgehead atoms. The molecule has 0 atom stereocenters. The number of aromatic nitrogens is 4. The number of hydrogen-bond donors (Lipinski definition) is 1. The fourth-order valence-electron chi connectivity index (χ4n) is 2.52. The fourth-order valence-corrected chi connectivity index (χ4v) is 2.52. The number of ether oxygens (including phenoxy) is 1. The van der Waals surface area contributed by atoms with E-state index in [2.05, 4.69) is 25.1 Å². The van der Waals surface area contributed by atoms with Crippen molar-refractivity contribution < 1.29 is 22.7 Å². The summed E-state index contributed by atoms with van der Waals surface area (Å²) in [5, 5.41) is 7.74. The molecular weight excluding hydrogens is 363 g/mol. The van der Waals surface area contributed by atoms with Gasteiger partial charge < -0.3 is 10.1 Å². The van der Waals surface area contributed by atoms with Crippen LogP contribution >= 0.6 is 0 Å². The van der Waals surface area contributed by atoms with Crippen molar-refractivity contribution in [2.24, 2.45) is 0 Å².